The fourth-order valence-electron chi connectivity index (χ4n) is 7.93. The molecule has 0 radical (unpaired) electrons. The van der Waals surface area contributed by atoms with Crippen LogP contribution in [0.2, 0.25) is 0 Å². The highest BCUT2D eigenvalue weighted by atomic mass is 32.1. The molecule has 0 spiro atoms. The molecular weight excluding hydrogens is 1090 g/mol. The fraction of sp³-hybridized carbons (Fsp3) is 0.667. The third-order valence-electron chi connectivity index (χ3n) is 12.5. The fourth-order valence-corrected chi connectivity index (χ4v) is 8.10. The first-order chi connectivity index (χ1) is 38.7. The molecule has 30 nitrogen and oxygen atoms in total. The number of aliphatic hydroxyl groups is 2. The normalized spacial score (nSPS) is 16.0. The summed E-state index contributed by atoms with van der Waals surface area (Å²) in [6.07, 6.45) is -3.56. The molecule has 82 heavy (non-hydrogen) atoms. The maximum atomic E-state index is 14.4. The number of amides is 11. The Bertz CT molecular complexity index is 2230. The average molecular weight is 1180 g/mol. The molecule has 464 valence electrons. The second-order valence-electron chi connectivity index (χ2n) is 20.0. The van der Waals surface area contributed by atoms with Crippen LogP contribution in [0.3, 0.4) is 0 Å². The van der Waals surface area contributed by atoms with Crippen LogP contribution in [-0.4, -0.2) is 199 Å². The van der Waals surface area contributed by atoms with Crippen LogP contribution in [0.1, 0.15) is 85.6 Å². The minimum absolute atomic E-state index is 0.0337. The highest BCUT2D eigenvalue weighted by Gasteiger charge is 2.37. The van der Waals surface area contributed by atoms with Gasteiger partial charge in [-0.05, 0) is 110 Å². The molecule has 0 aliphatic rings. The van der Waals surface area contributed by atoms with E-state index in [1.165, 1.54) is 20.8 Å². The average Bonchev–Trinajstić information content (AvgIpc) is 3.44. The van der Waals surface area contributed by atoms with E-state index in [0.717, 1.165) is 0 Å². The first kappa shape index (κ1) is 73.4. The molecule has 0 saturated carbocycles. The maximum absolute atomic E-state index is 14.4. The molecule has 0 heterocycles. The molecule has 31 heteroatoms. The van der Waals surface area contributed by atoms with Crippen molar-refractivity contribution in [3.05, 3.63) is 35.9 Å². The largest absolute Gasteiger partial charge is 0.391 e. The summed E-state index contributed by atoms with van der Waals surface area (Å²) in [5.74, 6) is -9.58. The van der Waals surface area contributed by atoms with Crippen LogP contribution in [0, 0.1) is 5.92 Å². The van der Waals surface area contributed by atoms with Gasteiger partial charge in [-0.1, -0.05) is 44.2 Å². The zero-order chi connectivity index (χ0) is 62.2. The minimum atomic E-state index is -1.66. The van der Waals surface area contributed by atoms with E-state index in [0.29, 0.717) is 5.56 Å². The SMILES string of the molecule is CCNC(=O)C(NC(=O)C(CCN)NC(=O)C(CCN)NC(=O)C(CC(C)C)NC(=O)C(Cc1ccccc1)NC(=O)C(CCN)NC(=O)C(C)NC(=O)C(CCN)NC(=O)C(NC(=O)C(CCN)NC(=O)C(N)CS)C(C)O)C(C)O. The molecular formula is C51H91N17O13S. The third-order valence-corrected chi connectivity index (χ3v) is 12.9. The van der Waals surface area contributed by atoms with Crippen molar-refractivity contribution in [2.24, 2.45) is 40.3 Å². The Morgan fingerprint density at radius 3 is 1.16 bits per heavy atom. The number of hydrogen-bond donors (Lipinski definition) is 20. The van der Waals surface area contributed by atoms with Gasteiger partial charge in [-0.15, -0.1) is 0 Å². The number of nitrogens with one attached hydrogen (secondary N) is 11. The summed E-state index contributed by atoms with van der Waals surface area (Å²) in [6.45, 7) is 8.65. The van der Waals surface area contributed by atoms with Gasteiger partial charge < -0.3 is 103 Å². The first-order valence-corrected chi connectivity index (χ1v) is 27.9. The van der Waals surface area contributed by atoms with E-state index in [2.05, 4.69) is 71.1 Å². The molecule has 1 aromatic carbocycles. The molecule has 11 amide bonds. The van der Waals surface area contributed by atoms with Crippen molar-refractivity contribution in [1.29, 1.82) is 0 Å². The van der Waals surface area contributed by atoms with E-state index in [1.807, 2.05) is 0 Å². The Kier molecular flexibility index (Phi) is 34.9. The molecule has 1 aromatic rings. The zero-order valence-corrected chi connectivity index (χ0v) is 48.6. The molecule has 0 aliphatic carbocycles. The number of thiol groups is 1. The van der Waals surface area contributed by atoms with Gasteiger partial charge in [0.1, 0.15) is 60.4 Å². The van der Waals surface area contributed by atoms with Crippen LogP contribution in [0.25, 0.3) is 0 Å². The van der Waals surface area contributed by atoms with Crippen LogP contribution in [0.5, 0.6) is 0 Å². The highest BCUT2D eigenvalue weighted by Crippen LogP contribution is 2.11. The van der Waals surface area contributed by atoms with Crippen LogP contribution >= 0.6 is 12.6 Å². The molecule has 13 unspecified atom stereocenters. The number of likely N-dealkylation sites (N-methyl/N-ethyl adjacent to an activating group) is 1. The lowest BCUT2D eigenvalue weighted by Crippen LogP contribution is -2.62. The van der Waals surface area contributed by atoms with Gasteiger partial charge >= 0.3 is 0 Å². The molecule has 25 N–H and O–H groups in total. The van der Waals surface area contributed by atoms with Crippen molar-refractivity contribution in [2.75, 3.05) is 45.0 Å². The molecule has 1 rings (SSSR count). The van der Waals surface area contributed by atoms with Crippen LogP contribution in [-0.2, 0) is 59.2 Å². The number of benzene rings is 1. The summed E-state index contributed by atoms with van der Waals surface area (Å²) in [5.41, 5.74) is 35.2. The Balaban J connectivity index is 3.38. The van der Waals surface area contributed by atoms with E-state index in [4.69, 9.17) is 34.4 Å². The summed E-state index contributed by atoms with van der Waals surface area (Å²) >= 11 is 3.98. The van der Waals surface area contributed by atoms with Gasteiger partial charge in [-0.25, -0.2) is 0 Å². The van der Waals surface area contributed by atoms with Gasteiger partial charge in [0.05, 0.1) is 18.2 Å². The third kappa shape index (κ3) is 26.1. The van der Waals surface area contributed by atoms with Crippen molar-refractivity contribution in [3.8, 4) is 0 Å². The van der Waals surface area contributed by atoms with Crippen molar-refractivity contribution in [2.45, 2.75) is 165 Å². The van der Waals surface area contributed by atoms with Gasteiger partial charge in [-0.3, -0.25) is 52.7 Å². The number of carbonyl (C=O) groups is 11. The minimum Gasteiger partial charge on any atom is -0.391 e. The van der Waals surface area contributed by atoms with Crippen molar-refractivity contribution in [3.63, 3.8) is 0 Å². The van der Waals surface area contributed by atoms with Gasteiger partial charge in [0.25, 0.3) is 0 Å². The molecule has 0 aliphatic heterocycles. The Morgan fingerprint density at radius 1 is 0.439 bits per heavy atom. The van der Waals surface area contributed by atoms with E-state index in [1.54, 1.807) is 51.1 Å². The summed E-state index contributed by atoms with van der Waals surface area (Å²) in [5, 5.41) is 48.3. The predicted octanol–water partition coefficient (Wildman–Crippen LogP) is -7.96. The van der Waals surface area contributed by atoms with E-state index in [-0.39, 0.29) is 95.9 Å². The highest BCUT2D eigenvalue weighted by molar-refractivity contribution is 7.80. The number of aliphatic hydroxyl groups excluding tert-OH is 2. The molecule has 0 fully saturated rings. The lowest BCUT2D eigenvalue weighted by Gasteiger charge is -2.28. The van der Waals surface area contributed by atoms with Crippen molar-refractivity contribution < 1.29 is 63.0 Å². The number of rotatable bonds is 39. The van der Waals surface area contributed by atoms with E-state index < -0.39 is 144 Å². The standard InChI is InChI=1S/C51H91N17O13S/c1-7-58-50(80)39(28(5)69)67-47(77)36(17-22-56)62-44(74)34(15-20-54)63-48(78)37(23-26(2)3)65-49(79)38(24-30-11-9-8-10-12-30)66-45(75)33(14-19-53)60-41(71)27(4)59-43(73)32(13-18-52)64-51(81)40(29(6)70)68-46(76)35(16-21-55)61-42(72)31(57)25-82/h8-12,26-29,31-40,69-70,82H,7,13-25,52-57H2,1-6H3,(H,58,80)(H,59,73)(H,60,71)(H,61,72)(H,62,74)(H,63,78)(H,64,81)(H,65,79)(H,66,75)(H,67,77)(H,68,76). The van der Waals surface area contributed by atoms with Gasteiger partial charge in [-0.2, -0.15) is 12.6 Å². The summed E-state index contributed by atoms with van der Waals surface area (Å²) in [6, 6.07) is -6.40. The second-order valence-corrected chi connectivity index (χ2v) is 20.4. The van der Waals surface area contributed by atoms with Crippen LogP contribution in [0.4, 0.5) is 0 Å². The summed E-state index contributed by atoms with van der Waals surface area (Å²) in [7, 11) is 0. The Hall–Kier alpha value is -6.58. The smallest absolute Gasteiger partial charge is 0.245 e. The first-order valence-electron chi connectivity index (χ1n) is 27.3. The predicted molar refractivity (Wildman–Crippen MR) is 307 cm³/mol. The van der Waals surface area contributed by atoms with Crippen LogP contribution in [0.15, 0.2) is 30.3 Å². The molecule has 0 bridgehead atoms. The van der Waals surface area contributed by atoms with E-state index in [9.17, 15) is 63.0 Å². The summed E-state index contributed by atoms with van der Waals surface area (Å²) in [4.78, 5) is 149. The number of hydrogen-bond acceptors (Lipinski definition) is 20. The van der Waals surface area contributed by atoms with Gasteiger partial charge in [0.2, 0.25) is 65.0 Å². The monoisotopic (exact) mass is 1180 g/mol. The van der Waals surface area contributed by atoms with Gasteiger partial charge in [0, 0.05) is 18.7 Å². The second kappa shape index (κ2) is 39.0. The topological polar surface area (TPSA) is 517 Å². The zero-order valence-electron chi connectivity index (χ0n) is 47.7. The van der Waals surface area contributed by atoms with Gasteiger partial charge in [0.15, 0.2) is 0 Å². The number of carbonyl (C=O) groups excluding carboxylic acids is 11. The summed E-state index contributed by atoms with van der Waals surface area (Å²) < 4.78 is 0. The van der Waals surface area contributed by atoms with E-state index >= 15 is 0 Å². The van der Waals surface area contributed by atoms with Crippen LogP contribution < -0.4 is 92.9 Å². The quantitative estimate of drug-likeness (QED) is 0.0272. The lowest BCUT2D eigenvalue weighted by molar-refractivity contribution is -0.137. The lowest BCUT2D eigenvalue weighted by atomic mass is 10.00. The maximum Gasteiger partial charge on any atom is 0.245 e. The number of nitrogens with two attached hydrogens (primary N) is 6. The van der Waals surface area contributed by atoms with Crippen molar-refractivity contribution in [1.82, 2.24) is 58.5 Å². The van der Waals surface area contributed by atoms with Crippen molar-refractivity contribution >= 4 is 77.6 Å². The molecule has 13 atom stereocenters. The molecule has 0 aromatic heterocycles. The Morgan fingerprint density at radius 2 is 0.768 bits per heavy atom. The Labute approximate surface area is 483 Å². The molecule has 0 saturated heterocycles.